The molecule has 1 aromatic heterocycles. The number of likely N-dealkylation sites (tertiary alicyclic amines) is 1. The maximum atomic E-state index is 13.3. The van der Waals surface area contributed by atoms with Gasteiger partial charge >= 0.3 is 12.4 Å². The highest BCUT2D eigenvalue weighted by atomic mass is 19.4. The molecule has 38 heavy (non-hydrogen) atoms. The first-order valence-corrected chi connectivity index (χ1v) is 11.8. The number of rotatable bonds is 5. The fraction of sp³-hybridized carbons (Fsp3) is 0.333. The average molecular weight is 538 g/mol. The summed E-state index contributed by atoms with van der Waals surface area (Å²) in [6, 6.07) is 11.2. The number of H-pyrrole nitrogens is 1. The maximum Gasteiger partial charge on any atom is 0.416 e. The number of halogens is 6. The van der Waals surface area contributed by atoms with Crippen molar-refractivity contribution in [3.05, 3.63) is 105 Å². The Balaban J connectivity index is 1.57. The van der Waals surface area contributed by atoms with Crippen LogP contribution in [0.4, 0.5) is 26.3 Å². The first kappa shape index (κ1) is 27.4. The van der Waals surface area contributed by atoms with Gasteiger partial charge in [0.05, 0.1) is 29.9 Å². The fourth-order valence-electron chi connectivity index (χ4n) is 4.49. The molecule has 0 radical (unpaired) electrons. The van der Waals surface area contributed by atoms with Crippen LogP contribution in [0, 0.1) is 6.92 Å². The summed E-state index contributed by atoms with van der Waals surface area (Å²) in [5.74, 6) is -0.483. The molecule has 1 saturated heterocycles. The molecular weight excluding hydrogens is 514 g/mol. The molecule has 2 aromatic carbocycles. The Bertz CT molecular complexity index is 1320. The number of nitrogens with zero attached hydrogens (tertiary/aromatic N) is 1. The van der Waals surface area contributed by atoms with Gasteiger partial charge in [-0.15, -0.1) is 0 Å². The molecule has 1 fully saturated rings. The zero-order valence-corrected chi connectivity index (χ0v) is 20.2. The number of benzene rings is 2. The van der Waals surface area contributed by atoms with Gasteiger partial charge in [0, 0.05) is 12.7 Å². The van der Waals surface area contributed by atoms with Crippen molar-refractivity contribution >= 4 is 5.91 Å². The number of piperidine rings is 1. The summed E-state index contributed by atoms with van der Waals surface area (Å²) >= 11 is 0. The topological polar surface area (TPSA) is 62.4 Å². The van der Waals surface area contributed by atoms with Crippen molar-refractivity contribution in [2.24, 2.45) is 0 Å². The SMILES string of the molecule is Cc1ccc(C2CC(OCc3cc(C(F)(F)F)cc(C(F)(F)F)c3)CCN2C(=O)c2ccc[nH]c2=O)cc1. The van der Waals surface area contributed by atoms with E-state index in [-0.39, 0.29) is 36.6 Å². The lowest BCUT2D eigenvalue weighted by atomic mass is 9.92. The zero-order valence-electron chi connectivity index (χ0n) is 20.2. The number of hydrogen-bond donors (Lipinski definition) is 1. The van der Waals surface area contributed by atoms with E-state index in [4.69, 9.17) is 4.74 Å². The number of ether oxygens (including phenoxy) is 1. The summed E-state index contributed by atoms with van der Waals surface area (Å²) in [6.07, 6.45) is -8.52. The van der Waals surface area contributed by atoms with Crippen molar-refractivity contribution in [2.75, 3.05) is 6.54 Å². The van der Waals surface area contributed by atoms with Crippen LogP contribution in [0.5, 0.6) is 0 Å². The summed E-state index contributed by atoms with van der Waals surface area (Å²) < 4.78 is 85.1. The number of carbonyl (C=O) groups is 1. The molecule has 5 nitrogen and oxygen atoms in total. The van der Waals surface area contributed by atoms with Gasteiger partial charge in [0.1, 0.15) is 5.56 Å². The molecule has 1 amide bonds. The lowest BCUT2D eigenvalue weighted by molar-refractivity contribution is -0.143. The van der Waals surface area contributed by atoms with Gasteiger partial charge in [0.25, 0.3) is 11.5 Å². The Labute approximate surface area is 214 Å². The number of alkyl halides is 6. The van der Waals surface area contributed by atoms with E-state index in [0.717, 1.165) is 11.1 Å². The molecule has 1 N–H and O–H groups in total. The third-order valence-corrected chi connectivity index (χ3v) is 6.46. The standard InChI is InChI=1S/C27H24F6N2O3/c1-16-4-6-18(7-5-16)23-14-21(8-10-35(23)25(37)22-3-2-9-34-24(22)36)38-15-17-11-19(26(28,29)30)13-20(12-17)27(31,32)33/h2-7,9,11-13,21,23H,8,10,14-15H2,1H3,(H,34,36). The van der Waals surface area contributed by atoms with Gasteiger partial charge in [0.15, 0.2) is 0 Å². The lowest BCUT2D eigenvalue weighted by Crippen LogP contribution is -2.44. The van der Waals surface area contributed by atoms with E-state index in [1.54, 1.807) is 4.90 Å². The molecule has 0 aliphatic carbocycles. The number of amides is 1. The van der Waals surface area contributed by atoms with Crippen molar-refractivity contribution in [3.63, 3.8) is 0 Å². The van der Waals surface area contributed by atoms with Gasteiger partial charge in [-0.05, 0) is 61.2 Å². The van der Waals surface area contributed by atoms with Gasteiger partial charge < -0.3 is 14.6 Å². The van der Waals surface area contributed by atoms with Crippen molar-refractivity contribution < 1.29 is 35.9 Å². The van der Waals surface area contributed by atoms with Crippen LogP contribution in [0.15, 0.2) is 65.6 Å². The van der Waals surface area contributed by atoms with E-state index in [9.17, 15) is 35.9 Å². The van der Waals surface area contributed by atoms with E-state index in [2.05, 4.69) is 4.98 Å². The van der Waals surface area contributed by atoms with Gasteiger partial charge in [-0.3, -0.25) is 9.59 Å². The van der Waals surface area contributed by atoms with Crippen LogP contribution < -0.4 is 5.56 Å². The fourth-order valence-corrected chi connectivity index (χ4v) is 4.49. The second kappa shape index (κ2) is 10.6. The minimum Gasteiger partial charge on any atom is -0.373 e. The maximum absolute atomic E-state index is 13.3. The third kappa shape index (κ3) is 6.27. The summed E-state index contributed by atoms with van der Waals surface area (Å²) in [5, 5.41) is 0. The molecule has 0 bridgehead atoms. The quantitative estimate of drug-likeness (QED) is 0.389. The normalized spacial score (nSPS) is 18.4. The van der Waals surface area contributed by atoms with Crippen LogP contribution in [0.25, 0.3) is 0 Å². The minimum absolute atomic E-state index is 0.0346. The Morgan fingerprint density at radius 2 is 1.63 bits per heavy atom. The monoisotopic (exact) mass is 538 g/mol. The summed E-state index contributed by atoms with van der Waals surface area (Å²) in [6.45, 7) is 1.60. The first-order valence-electron chi connectivity index (χ1n) is 11.8. The molecule has 2 atom stereocenters. The van der Waals surface area contributed by atoms with E-state index in [1.165, 1.54) is 18.3 Å². The Hall–Kier alpha value is -3.60. The zero-order chi connectivity index (χ0) is 27.7. The number of aromatic amines is 1. The predicted molar refractivity (Wildman–Crippen MR) is 126 cm³/mol. The number of hydrogen-bond acceptors (Lipinski definition) is 3. The highest BCUT2D eigenvalue weighted by Gasteiger charge is 2.38. The third-order valence-electron chi connectivity index (χ3n) is 6.46. The van der Waals surface area contributed by atoms with Gasteiger partial charge in [-0.1, -0.05) is 29.8 Å². The number of nitrogens with one attached hydrogen (secondary N) is 1. The molecule has 1 aliphatic rings. The first-order chi connectivity index (χ1) is 17.8. The second-order valence-electron chi connectivity index (χ2n) is 9.21. The predicted octanol–water partition coefficient (Wildman–Crippen LogP) is 6.28. The molecule has 202 valence electrons. The number of aromatic nitrogens is 1. The second-order valence-corrected chi connectivity index (χ2v) is 9.21. The lowest BCUT2D eigenvalue weighted by Gasteiger charge is -2.39. The number of aryl methyl sites for hydroxylation is 1. The van der Waals surface area contributed by atoms with Crippen LogP contribution in [0.3, 0.4) is 0 Å². The van der Waals surface area contributed by atoms with E-state index >= 15 is 0 Å². The Morgan fingerprint density at radius 3 is 2.21 bits per heavy atom. The van der Waals surface area contributed by atoms with Crippen LogP contribution >= 0.6 is 0 Å². The van der Waals surface area contributed by atoms with E-state index in [0.29, 0.717) is 12.1 Å². The van der Waals surface area contributed by atoms with Gasteiger partial charge in [-0.25, -0.2) is 0 Å². The van der Waals surface area contributed by atoms with Crippen LogP contribution in [0.1, 0.15) is 57.1 Å². The highest BCUT2D eigenvalue weighted by Crippen LogP contribution is 2.37. The van der Waals surface area contributed by atoms with Gasteiger partial charge in [0.2, 0.25) is 0 Å². The molecule has 2 heterocycles. The van der Waals surface area contributed by atoms with Gasteiger partial charge in [-0.2, -0.15) is 26.3 Å². The van der Waals surface area contributed by atoms with Crippen LogP contribution in [0.2, 0.25) is 0 Å². The highest BCUT2D eigenvalue weighted by molar-refractivity contribution is 5.94. The van der Waals surface area contributed by atoms with E-state index in [1.807, 2.05) is 31.2 Å². The minimum atomic E-state index is -4.95. The molecular formula is C27H24F6N2O3. The largest absolute Gasteiger partial charge is 0.416 e. The van der Waals surface area contributed by atoms with Crippen molar-refractivity contribution in [1.82, 2.24) is 9.88 Å². The smallest absolute Gasteiger partial charge is 0.373 e. The molecule has 1 aliphatic heterocycles. The molecule has 4 rings (SSSR count). The number of pyridine rings is 1. The Morgan fingerprint density at radius 1 is 1.00 bits per heavy atom. The van der Waals surface area contributed by atoms with Crippen molar-refractivity contribution in [2.45, 2.75) is 50.9 Å². The Kier molecular flexibility index (Phi) is 7.68. The van der Waals surface area contributed by atoms with Crippen LogP contribution in [-0.2, 0) is 23.7 Å². The molecule has 0 spiro atoms. The molecule has 11 heteroatoms. The van der Waals surface area contributed by atoms with Crippen LogP contribution in [-0.4, -0.2) is 28.4 Å². The average Bonchev–Trinajstić information content (AvgIpc) is 2.86. The molecule has 2 unspecified atom stereocenters. The summed E-state index contributed by atoms with van der Waals surface area (Å²) in [4.78, 5) is 29.5. The molecule has 3 aromatic rings. The van der Waals surface area contributed by atoms with Crippen molar-refractivity contribution in [1.29, 1.82) is 0 Å². The number of carbonyl (C=O) groups excluding carboxylic acids is 1. The molecule has 0 saturated carbocycles. The van der Waals surface area contributed by atoms with E-state index < -0.39 is 53.7 Å². The summed E-state index contributed by atoms with van der Waals surface area (Å²) in [7, 11) is 0. The summed E-state index contributed by atoms with van der Waals surface area (Å²) in [5.41, 5.74) is -1.89. The van der Waals surface area contributed by atoms with Crippen molar-refractivity contribution in [3.8, 4) is 0 Å².